The zero-order chi connectivity index (χ0) is 36.6. The van der Waals surface area contributed by atoms with Gasteiger partial charge >= 0.3 is 24.7 Å². The molecular weight excluding hydrogens is 730 g/mol. The number of para-hydroxylation sites is 1. The molecule has 3 nitrogen and oxygen atoms in total. The Labute approximate surface area is 275 Å². The molecule has 0 saturated carbocycles. The molecular formula is C30H41F12MoNO2. The second-order valence-electron chi connectivity index (χ2n) is 11.9. The van der Waals surface area contributed by atoms with Gasteiger partial charge in [0.25, 0.3) is 11.2 Å². The van der Waals surface area contributed by atoms with E-state index in [9.17, 15) is 52.7 Å². The van der Waals surface area contributed by atoms with Crippen LogP contribution >= 0.6 is 0 Å². The number of benzene rings is 2. The van der Waals surface area contributed by atoms with E-state index in [-0.39, 0.29) is 34.9 Å². The van der Waals surface area contributed by atoms with Gasteiger partial charge in [0.05, 0.1) is 0 Å². The maximum atomic E-state index is 11.4. The molecule has 0 heterocycles. The third-order valence-electron chi connectivity index (χ3n) is 6.27. The van der Waals surface area contributed by atoms with Crippen LogP contribution in [0, 0.1) is 0 Å². The van der Waals surface area contributed by atoms with Crippen molar-refractivity contribution in [1.29, 1.82) is 0 Å². The molecule has 0 bridgehead atoms. The molecule has 46 heavy (non-hydrogen) atoms. The minimum absolute atomic E-state index is 0. The Balaban J connectivity index is -0.000000535. The van der Waals surface area contributed by atoms with Crippen LogP contribution in [0.4, 0.5) is 58.4 Å². The predicted molar refractivity (Wildman–Crippen MR) is 150 cm³/mol. The van der Waals surface area contributed by atoms with Crippen molar-refractivity contribution in [3.8, 4) is 0 Å². The van der Waals surface area contributed by atoms with Crippen LogP contribution in [0.25, 0.3) is 0 Å². The summed E-state index contributed by atoms with van der Waals surface area (Å²) in [7, 11) is 0. The van der Waals surface area contributed by atoms with Gasteiger partial charge in [-0.25, -0.2) is 0 Å². The molecule has 0 aliphatic carbocycles. The summed E-state index contributed by atoms with van der Waals surface area (Å²) in [6.45, 7) is 14.7. The number of rotatable bonds is 2. The number of anilines is 1. The molecule has 2 rings (SSSR count). The van der Waals surface area contributed by atoms with E-state index in [4.69, 9.17) is 15.9 Å². The fourth-order valence-electron chi connectivity index (χ4n) is 2.87. The number of halogens is 12. The van der Waals surface area contributed by atoms with Gasteiger partial charge in [-0.15, -0.1) is 0 Å². The van der Waals surface area contributed by atoms with Crippen LogP contribution in [0.2, 0.25) is 0 Å². The van der Waals surface area contributed by atoms with E-state index < -0.39 is 35.9 Å². The van der Waals surface area contributed by atoms with Gasteiger partial charge in [-0.1, -0.05) is 97.0 Å². The molecule has 268 valence electrons. The van der Waals surface area contributed by atoms with E-state index in [0.29, 0.717) is 17.3 Å². The summed E-state index contributed by atoms with van der Waals surface area (Å²) in [6, 6.07) is 16.9. The van der Waals surface area contributed by atoms with Crippen LogP contribution in [-0.2, 0) is 26.5 Å². The Morgan fingerprint density at radius 1 is 0.500 bits per heavy atom. The molecule has 2 aromatic rings. The average molecular weight is 772 g/mol. The molecule has 0 unspecified atom stereocenters. The Hall–Kier alpha value is -1.99. The summed E-state index contributed by atoms with van der Waals surface area (Å²) in [5.74, 6) is 1.03. The van der Waals surface area contributed by atoms with Gasteiger partial charge in [0.1, 0.15) is 0 Å². The Kier molecular flexibility index (Phi) is 18.3. The Morgan fingerprint density at radius 3 is 0.913 bits per heavy atom. The van der Waals surface area contributed by atoms with Gasteiger partial charge in [0, 0.05) is 26.8 Å². The summed E-state index contributed by atoms with van der Waals surface area (Å²) in [4.78, 5) is 0. The van der Waals surface area contributed by atoms with Crippen molar-refractivity contribution in [2.75, 3.05) is 5.73 Å². The average Bonchev–Trinajstić information content (AvgIpc) is 2.82. The normalized spacial score (nSPS) is 13.0. The number of alkyl halides is 12. The zero-order valence-electron chi connectivity index (χ0n) is 26.7. The topological polar surface area (TPSA) is 66.5 Å². The van der Waals surface area contributed by atoms with Gasteiger partial charge in [-0.2, -0.15) is 52.7 Å². The third kappa shape index (κ3) is 14.4. The summed E-state index contributed by atoms with van der Waals surface area (Å²) in [5, 5.41) is 15.9. The van der Waals surface area contributed by atoms with Crippen molar-refractivity contribution >= 4 is 5.69 Å². The predicted octanol–water partition coefficient (Wildman–Crippen LogP) is 10.2. The number of aliphatic hydroxyl groups is 2. The molecule has 0 radical (unpaired) electrons. The van der Waals surface area contributed by atoms with Gasteiger partial charge in [0.2, 0.25) is 0 Å². The summed E-state index contributed by atoms with van der Waals surface area (Å²) in [6.07, 6.45) is -22.8. The van der Waals surface area contributed by atoms with Crippen LogP contribution in [0.3, 0.4) is 0 Å². The Bertz CT molecular complexity index is 1050. The number of nitrogens with two attached hydrogens (primary N) is 1. The summed E-state index contributed by atoms with van der Waals surface area (Å²) < 4.78 is 136. The van der Waals surface area contributed by atoms with Crippen molar-refractivity contribution in [1.82, 2.24) is 0 Å². The van der Waals surface area contributed by atoms with E-state index in [1.165, 1.54) is 16.7 Å². The maximum absolute atomic E-state index is 11.4. The number of hydrogen-bond acceptors (Lipinski definition) is 3. The van der Waals surface area contributed by atoms with Crippen LogP contribution in [-0.4, -0.2) is 46.1 Å². The summed E-state index contributed by atoms with van der Waals surface area (Å²) in [5.41, 5.74) is 2.04. The zero-order valence-corrected chi connectivity index (χ0v) is 28.7. The van der Waals surface area contributed by atoms with Crippen LogP contribution in [0.1, 0.15) is 90.8 Å². The van der Waals surface area contributed by atoms with Gasteiger partial charge < -0.3 is 15.9 Å². The smallest absolute Gasteiger partial charge is 0.398 e. The molecule has 0 amide bonds. The molecule has 4 N–H and O–H groups in total. The van der Waals surface area contributed by atoms with Crippen molar-refractivity contribution < 1.29 is 84.0 Å². The first kappa shape index (κ1) is 48.4. The minimum Gasteiger partial charge on any atom is -0.398 e. The monoisotopic (exact) mass is 773 g/mol. The van der Waals surface area contributed by atoms with E-state index in [1.807, 2.05) is 0 Å². The van der Waals surface area contributed by atoms with Crippen molar-refractivity contribution in [2.24, 2.45) is 0 Å². The number of hydrogen-bond donors (Lipinski definition) is 3. The van der Waals surface area contributed by atoms with Crippen LogP contribution in [0.15, 0.2) is 48.5 Å². The van der Waals surface area contributed by atoms with Crippen LogP contribution in [0.5, 0.6) is 0 Å². The van der Waals surface area contributed by atoms with Crippen molar-refractivity contribution in [3.05, 3.63) is 65.2 Å². The molecule has 0 fully saturated rings. The van der Waals surface area contributed by atoms with Gasteiger partial charge in [-0.3, -0.25) is 0 Å². The summed E-state index contributed by atoms with van der Waals surface area (Å²) >= 11 is 0. The molecule has 2 aromatic carbocycles. The molecule has 16 heteroatoms. The van der Waals surface area contributed by atoms with E-state index >= 15 is 0 Å². The van der Waals surface area contributed by atoms with Crippen molar-refractivity contribution in [3.63, 3.8) is 0 Å². The SMILES string of the molecule is CC(C)(C)c1ccccc1.CC(C)c1cccc(C(C)C)c1N.CC(O)(C(F)(F)F)C(F)(F)F.CC(O)(C(F)(F)F)C(F)(F)F.[Mo]. The van der Waals surface area contributed by atoms with E-state index in [2.05, 4.69) is 97.0 Å². The minimum atomic E-state index is -5.69. The molecule has 0 aromatic heterocycles. The second kappa shape index (κ2) is 17.4. The van der Waals surface area contributed by atoms with Crippen molar-refractivity contribution in [2.45, 2.75) is 115 Å². The van der Waals surface area contributed by atoms with Gasteiger partial charge in [-0.05, 0) is 47.8 Å². The number of nitrogen functional groups attached to an aromatic ring is 1. The Morgan fingerprint density at radius 2 is 0.761 bits per heavy atom. The van der Waals surface area contributed by atoms with Gasteiger partial charge in [0.15, 0.2) is 0 Å². The first-order chi connectivity index (χ1) is 19.6. The fourth-order valence-corrected chi connectivity index (χ4v) is 2.87. The molecule has 0 aliphatic rings. The first-order valence-electron chi connectivity index (χ1n) is 13.3. The van der Waals surface area contributed by atoms with Crippen LogP contribution < -0.4 is 5.73 Å². The largest absolute Gasteiger partial charge is 0.425 e. The second-order valence-corrected chi connectivity index (χ2v) is 11.9. The standard InChI is InChI=1S/C12H19N.C10H14.2C4H4F6O.Mo/c1-8(2)10-6-5-7-11(9(3)4)12(10)13;1-10(2,3)9-7-5-4-6-8-9;2*1-2(11,3(5,6)7)4(8,9)10;/h5-9H,13H2,1-4H3;4-8H,1-3H3;2*11H,1H3;. The third-order valence-corrected chi connectivity index (χ3v) is 6.27. The first-order valence-corrected chi connectivity index (χ1v) is 13.3. The fraction of sp³-hybridized carbons (Fsp3) is 0.600. The molecule has 0 spiro atoms. The quantitative estimate of drug-likeness (QED) is 0.162. The molecule has 0 aliphatic heterocycles. The van der Waals surface area contributed by atoms with E-state index in [1.54, 1.807) is 0 Å². The molecule has 0 saturated heterocycles. The van der Waals surface area contributed by atoms with E-state index in [0.717, 1.165) is 5.69 Å². The molecule has 0 atom stereocenters. The maximum Gasteiger partial charge on any atom is 0.425 e.